The minimum Gasteiger partial charge on any atom is -0.284 e. The smallest absolute Gasteiger partial charge is 0.279 e. The van der Waals surface area contributed by atoms with Gasteiger partial charge < -0.3 is 0 Å². The lowest BCUT2D eigenvalue weighted by molar-refractivity contribution is 0.362. The van der Waals surface area contributed by atoms with Crippen LogP contribution in [0.3, 0.4) is 0 Å². The maximum atomic E-state index is 14.7. The zero-order valence-electron chi connectivity index (χ0n) is 18.0. The molecule has 1 aliphatic heterocycles. The topological polar surface area (TPSA) is 95.9 Å². The first-order chi connectivity index (χ1) is 16.1. The Kier molecular flexibility index (Phi) is 6.41. The number of sulfonamides is 2. The number of benzene rings is 3. The lowest BCUT2D eigenvalue weighted by Gasteiger charge is -2.23. The highest BCUT2D eigenvalue weighted by molar-refractivity contribution is 7.92. The van der Waals surface area contributed by atoms with Gasteiger partial charge in [-0.1, -0.05) is 36.4 Å². The van der Waals surface area contributed by atoms with Crippen LogP contribution in [0.25, 0.3) is 0 Å². The molecule has 0 amide bonds. The molecule has 0 aliphatic carbocycles. The predicted molar refractivity (Wildman–Crippen MR) is 125 cm³/mol. The van der Waals surface area contributed by atoms with Gasteiger partial charge in [0.1, 0.15) is 11.6 Å². The van der Waals surface area contributed by atoms with E-state index < -0.39 is 37.7 Å². The fourth-order valence-corrected chi connectivity index (χ4v) is 5.70. The lowest BCUT2D eigenvalue weighted by atomic mass is 9.98. The third-order valence-electron chi connectivity index (χ3n) is 5.33. The number of halogens is 2. The van der Waals surface area contributed by atoms with Gasteiger partial charge in [-0.2, -0.15) is 17.9 Å². The average molecular weight is 506 g/mol. The predicted octanol–water partition coefficient (Wildman–Crippen LogP) is 4.27. The van der Waals surface area contributed by atoms with Gasteiger partial charge in [0.2, 0.25) is 10.0 Å². The lowest BCUT2D eigenvalue weighted by Crippen LogP contribution is -2.28. The summed E-state index contributed by atoms with van der Waals surface area (Å²) in [6, 6.07) is 15.6. The van der Waals surface area contributed by atoms with Gasteiger partial charge in [0.25, 0.3) is 10.0 Å². The van der Waals surface area contributed by atoms with Gasteiger partial charge in [-0.3, -0.25) is 4.72 Å². The van der Waals surface area contributed by atoms with E-state index in [1.54, 1.807) is 24.3 Å². The number of anilines is 1. The minimum absolute atomic E-state index is 0.0272. The molecule has 0 aromatic heterocycles. The highest BCUT2D eigenvalue weighted by atomic mass is 32.2. The third-order valence-corrected chi connectivity index (χ3v) is 8.31. The van der Waals surface area contributed by atoms with Crippen molar-refractivity contribution >= 4 is 31.4 Å². The summed E-state index contributed by atoms with van der Waals surface area (Å²) < 4.78 is 82.4. The first kappa shape index (κ1) is 23.8. The highest BCUT2D eigenvalue weighted by Crippen LogP contribution is 2.38. The number of nitrogens with one attached hydrogen (secondary N) is 1. The van der Waals surface area contributed by atoms with Crippen LogP contribution in [0.5, 0.6) is 0 Å². The van der Waals surface area contributed by atoms with Crippen LogP contribution in [0.4, 0.5) is 14.5 Å². The van der Waals surface area contributed by atoms with Gasteiger partial charge >= 0.3 is 0 Å². The van der Waals surface area contributed by atoms with Crippen molar-refractivity contribution in [3.8, 4) is 0 Å². The van der Waals surface area contributed by atoms with E-state index in [1.165, 1.54) is 43.3 Å². The molecule has 1 heterocycles. The van der Waals surface area contributed by atoms with E-state index in [0.29, 0.717) is 11.3 Å². The summed E-state index contributed by atoms with van der Waals surface area (Å²) >= 11 is 0. The van der Waals surface area contributed by atoms with Crippen LogP contribution >= 0.6 is 0 Å². The molecular weight excluding hydrogens is 484 g/mol. The number of hydrazone groups is 1. The maximum Gasteiger partial charge on any atom is 0.279 e. The first-order valence-electron chi connectivity index (χ1n) is 10.3. The molecule has 1 atom stereocenters. The molecule has 178 valence electrons. The van der Waals surface area contributed by atoms with E-state index in [1.807, 2.05) is 0 Å². The van der Waals surface area contributed by atoms with Gasteiger partial charge in [0.05, 0.1) is 22.4 Å². The van der Waals surface area contributed by atoms with E-state index >= 15 is 0 Å². The van der Waals surface area contributed by atoms with Crippen molar-refractivity contribution < 1.29 is 25.6 Å². The Morgan fingerprint density at radius 2 is 1.71 bits per heavy atom. The Labute approximate surface area is 196 Å². The van der Waals surface area contributed by atoms with E-state index in [4.69, 9.17) is 0 Å². The fraction of sp³-hybridized carbons (Fsp3) is 0.174. The molecule has 11 heteroatoms. The molecule has 3 aromatic rings. The monoisotopic (exact) mass is 505 g/mol. The van der Waals surface area contributed by atoms with E-state index in [0.717, 1.165) is 16.5 Å². The van der Waals surface area contributed by atoms with Crippen LogP contribution in [0.2, 0.25) is 0 Å². The number of hydrogen-bond donors (Lipinski definition) is 1. The second-order valence-electron chi connectivity index (χ2n) is 7.61. The zero-order valence-corrected chi connectivity index (χ0v) is 19.7. The third kappa shape index (κ3) is 4.80. The van der Waals surface area contributed by atoms with Gasteiger partial charge in [0.15, 0.2) is 0 Å². The molecule has 1 aliphatic rings. The normalized spacial score (nSPS) is 16.4. The summed E-state index contributed by atoms with van der Waals surface area (Å²) in [5, 5.41) is 4.29. The SMILES string of the molecule is CCS(=O)(=O)Nc1cccc(C2=NN(S(=O)(=O)c3cccc(F)c3)C(c3ccccc3F)C2)c1. The summed E-state index contributed by atoms with van der Waals surface area (Å²) in [5.74, 6) is -1.46. The van der Waals surface area contributed by atoms with E-state index in [9.17, 15) is 25.6 Å². The maximum absolute atomic E-state index is 14.7. The van der Waals surface area contributed by atoms with Crippen LogP contribution in [0.15, 0.2) is 82.8 Å². The summed E-state index contributed by atoms with van der Waals surface area (Å²) in [6.07, 6.45) is 0.0272. The highest BCUT2D eigenvalue weighted by Gasteiger charge is 2.39. The second-order valence-corrected chi connectivity index (χ2v) is 11.4. The van der Waals surface area contributed by atoms with Crippen molar-refractivity contribution in [2.24, 2.45) is 5.10 Å². The van der Waals surface area contributed by atoms with E-state index in [2.05, 4.69) is 9.82 Å². The molecule has 34 heavy (non-hydrogen) atoms. The fourth-order valence-electron chi connectivity index (χ4n) is 3.61. The Morgan fingerprint density at radius 3 is 2.41 bits per heavy atom. The molecule has 0 spiro atoms. The Bertz CT molecular complexity index is 1470. The molecule has 0 radical (unpaired) electrons. The molecule has 0 fully saturated rings. The van der Waals surface area contributed by atoms with Crippen LogP contribution in [-0.4, -0.2) is 32.7 Å². The second kappa shape index (κ2) is 9.15. The largest absolute Gasteiger partial charge is 0.284 e. The van der Waals surface area contributed by atoms with Crippen LogP contribution in [0, 0.1) is 11.6 Å². The Morgan fingerprint density at radius 1 is 0.971 bits per heavy atom. The van der Waals surface area contributed by atoms with Gasteiger partial charge in [-0.25, -0.2) is 17.2 Å². The molecule has 3 aromatic carbocycles. The van der Waals surface area contributed by atoms with Crippen molar-refractivity contribution in [2.45, 2.75) is 24.3 Å². The van der Waals surface area contributed by atoms with Crippen molar-refractivity contribution in [2.75, 3.05) is 10.5 Å². The molecule has 7 nitrogen and oxygen atoms in total. The standard InChI is InChI=1S/C23H21F2N3O4S2/c1-2-33(29,30)27-18-9-5-7-16(13-18)22-15-23(20-11-3-4-12-21(20)25)28(26-22)34(31,32)19-10-6-8-17(24)14-19/h3-14,23,27H,2,15H2,1H3. The number of nitrogens with zero attached hydrogens (tertiary/aromatic N) is 2. The van der Waals surface area contributed by atoms with Crippen molar-refractivity contribution in [3.05, 3.63) is 95.6 Å². The van der Waals surface area contributed by atoms with Crippen LogP contribution in [-0.2, 0) is 20.0 Å². The zero-order chi connectivity index (χ0) is 24.5. The van der Waals surface area contributed by atoms with Crippen LogP contribution in [0.1, 0.15) is 30.5 Å². The molecule has 0 saturated carbocycles. The van der Waals surface area contributed by atoms with E-state index in [-0.39, 0.29) is 28.3 Å². The molecule has 0 bridgehead atoms. The molecular formula is C23H21F2N3O4S2. The van der Waals surface area contributed by atoms with Gasteiger partial charge in [0, 0.05) is 17.7 Å². The molecule has 1 unspecified atom stereocenters. The molecule has 4 rings (SSSR count). The molecule has 0 saturated heterocycles. The summed E-state index contributed by atoms with van der Waals surface area (Å²) in [6.45, 7) is 1.50. The van der Waals surface area contributed by atoms with Gasteiger partial charge in [-0.15, -0.1) is 0 Å². The average Bonchev–Trinajstić information content (AvgIpc) is 3.25. The first-order valence-corrected chi connectivity index (χ1v) is 13.4. The summed E-state index contributed by atoms with van der Waals surface area (Å²) in [5.41, 5.74) is 1.18. The summed E-state index contributed by atoms with van der Waals surface area (Å²) in [4.78, 5) is -0.316. The minimum atomic E-state index is -4.33. The summed E-state index contributed by atoms with van der Waals surface area (Å²) in [7, 11) is -7.86. The number of rotatable bonds is 7. The Hall–Kier alpha value is -3.31. The Balaban J connectivity index is 1.79. The van der Waals surface area contributed by atoms with Crippen LogP contribution < -0.4 is 4.72 Å². The quantitative estimate of drug-likeness (QED) is 0.519. The van der Waals surface area contributed by atoms with Gasteiger partial charge in [-0.05, 0) is 48.9 Å². The van der Waals surface area contributed by atoms with Crippen molar-refractivity contribution in [1.29, 1.82) is 0 Å². The molecule has 1 N–H and O–H groups in total. The van der Waals surface area contributed by atoms with Crippen molar-refractivity contribution in [3.63, 3.8) is 0 Å². The number of hydrogen-bond acceptors (Lipinski definition) is 5. The van der Waals surface area contributed by atoms with Crippen molar-refractivity contribution in [1.82, 2.24) is 4.41 Å².